The van der Waals surface area contributed by atoms with Crippen molar-refractivity contribution in [1.82, 2.24) is 10.2 Å². The molecule has 1 spiro atoms. The molecule has 8 nitrogen and oxygen atoms in total. The molecule has 2 atom stereocenters. The molecule has 1 saturated carbocycles. The lowest BCUT2D eigenvalue weighted by Gasteiger charge is -2.27. The molecular formula is C26H24N4O4. The Morgan fingerprint density at radius 1 is 1.26 bits per heavy atom. The minimum Gasteiger partial charge on any atom is -0.493 e. The van der Waals surface area contributed by atoms with Crippen molar-refractivity contribution in [3.8, 4) is 23.1 Å². The van der Waals surface area contributed by atoms with Crippen LogP contribution in [-0.2, 0) is 21.4 Å². The van der Waals surface area contributed by atoms with Crippen molar-refractivity contribution < 1.29 is 19.4 Å². The smallest absolute Gasteiger partial charge is 0.303 e. The molecule has 8 heteroatoms. The predicted molar refractivity (Wildman–Crippen MR) is 124 cm³/mol. The van der Waals surface area contributed by atoms with Gasteiger partial charge < -0.3 is 15.2 Å². The minimum absolute atomic E-state index is 0.0502. The number of aryl methyl sites for hydroxylation is 1. The lowest BCUT2D eigenvalue weighted by atomic mass is 9.86. The first-order chi connectivity index (χ1) is 16.5. The topological polar surface area (TPSA) is 128 Å². The Hall–Kier alpha value is -4.12. The first kappa shape index (κ1) is 21.7. The summed E-state index contributed by atoms with van der Waals surface area (Å²) >= 11 is 0. The van der Waals surface area contributed by atoms with E-state index in [9.17, 15) is 14.9 Å². The maximum Gasteiger partial charge on any atom is 0.303 e. The average molecular weight is 457 g/mol. The van der Waals surface area contributed by atoms with Crippen LogP contribution in [0.1, 0.15) is 42.4 Å². The standard InChI is InChI=1S/C26H24N4O4/c27-15-16-4-5-17(2-1-3-24(31)32)22(12-16)29-25(33)20-14-26(20)9-11-34-23-7-6-18(13-19(23)26)21-8-10-28-30-21/h4-8,10,12-13,20H,1-3,9,11,14H2,(H,28,30)(H,29,33)(H,31,32)/t20-,26-/m0/s1. The zero-order chi connectivity index (χ0) is 23.7. The van der Waals surface area contributed by atoms with E-state index in [0.29, 0.717) is 30.7 Å². The Balaban J connectivity index is 1.38. The van der Waals surface area contributed by atoms with Crippen LogP contribution in [-0.4, -0.2) is 33.8 Å². The third-order valence-corrected chi connectivity index (χ3v) is 6.86. The van der Waals surface area contributed by atoms with Gasteiger partial charge >= 0.3 is 5.97 Å². The third-order valence-electron chi connectivity index (χ3n) is 6.86. The van der Waals surface area contributed by atoms with Gasteiger partial charge in [-0.25, -0.2) is 0 Å². The summed E-state index contributed by atoms with van der Waals surface area (Å²) in [5, 5.41) is 28.3. The maximum atomic E-state index is 13.4. The van der Waals surface area contributed by atoms with Crippen molar-refractivity contribution in [2.75, 3.05) is 11.9 Å². The Kier molecular flexibility index (Phi) is 5.54. The molecule has 34 heavy (non-hydrogen) atoms. The first-order valence-electron chi connectivity index (χ1n) is 11.3. The molecule has 2 heterocycles. The highest BCUT2D eigenvalue weighted by Gasteiger charge is 2.61. The minimum atomic E-state index is -0.855. The lowest BCUT2D eigenvalue weighted by Crippen LogP contribution is -2.27. The molecule has 1 aromatic heterocycles. The molecule has 1 fully saturated rings. The van der Waals surface area contributed by atoms with Crippen LogP contribution in [0.5, 0.6) is 5.75 Å². The van der Waals surface area contributed by atoms with Crippen molar-refractivity contribution >= 4 is 17.6 Å². The molecular weight excluding hydrogens is 432 g/mol. The van der Waals surface area contributed by atoms with E-state index in [1.54, 1.807) is 24.4 Å². The van der Waals surface area contributed by atoms with Gasteiger partial charge in [0.05, 0.1) is 23.9 Å². The molecule has 1 amide bonds. The number of aliphatic carboxylic acids is 1. The molecule has 1 aliphatic carbocycles. The summed E-state index contributed by atoms with van der Waals surface area (Å²) in [4.78, 5) is 24.3. The van der Waals surface area contributed by atoms with Gasteiger partial charge in [0, 0.05) is 40.8 Å². The van der Waals surface area contributed by atoms with Crippen molar-refractivity contribution in [2.45, 2.75) is 37.5 Å². The van der Waals surface area contributed by atoms with Gasteiger partial charge in [0.2, 0.25) is 5.91 Å². The van der Waals surface area contributed by atoms with E-state index in [0.717, 1.165) is 41.0 Å². The maximum absolute atomic E-state index is 13.4. The highest BCUT2D eigenvalue weighted by atomic mass is 16.5. The zero-order valence-electron chi connectivity index (χ0n) is 18.5. The number of carbonyl (C=O) groups excluding carboxylic acids is 1. The highest BCUT2D eigenvalue weighted by Crippen LogP contribution is 2.61. The van der Waals surface area contributed by atoms with Gasteiger partial charge in [-0.1, -0.05) is 6.07 Å². The fourth-order valence-electron chi connectivity index (χ4n) is 4.96. The van der Waals surface area contributed by atoms with E-state index in [4.69, 9.17) is 9.84 Å². The molecule has 172 valence electrons. The summed E-state index contributed by atoms with van der Waals surface area (Å²) in [5.41, 5.74) is 4.53. The third kappa shape index (κ3) is 4.01. The normalized spacial score (nSPS) is 20.1. The molecule has 3 aromatic rings. The molecule has 5 rings (SSSR count). The first-order valence-corrected chi connectivity index (χ1v) is 11.3. The lowest BCUT2D eigenvalue weighted by molar-refractivity contribution is -0.137. The molecule has 1 aliphatic heterocycles. The number of carboxylic acids is 1. The second-order valence-corrected chi connectivity index (χ2v) is 8.91. The monoisotopic (exact) mass is 456 g/mol. The number of rotatable bonds is 7. The van der Waals surface area contributed by atoms with Gasteiger partial charge in [0.15, 0.2) is 0 Å². The van der Waals surface area contributed by atoms with E-state index in [1.165, 1.54) is 0 Å². The number of hydrogen-bond donors (Lipinski definition) is 3. The Labute approximate surface area is 196 Å². The number of aromatic amines is 1. The SMILES string of the molecule is N#Cc1ccc(CCCC(=O)O)c(NC(=O)[C@@H]2C[C@]23CCOc2ccc(-c4ccn[nH]4)cc23)c1. The van der Waals surface area contributed by atoms with Crippen LogP contribution in [0.25, 0.3) is 11.3 Å². The number of benzene rings is 2. The van der Waals surface area contributed by atoms with E-state index in [2.05, 4.69) is 27.6 Å². The van der Waals surface area contributed by atoms with E-state index < -0.39 is 5.97 Å². The van der Waals surface area contributed by atoms with Crippen LogP contribution in [0.15, 0.2) is 48.7 Å². The van der Waals surface area contributed by atoms with Crippen LogP contribution < -0.4 is 10.1 Å². The molecule has 0 bridgehead atoms. The van der Waals surface area contributed by atoms with E-state index >= 15 is 0 Å². The second kappa shape index (κ2) is 8.67. The van der Waals surface area contributed by atoms with Crippen LogP contribution in [0.2, 0.25) is 0 Å². The summed E-state index contributed by atoms with van der Waals surface area (Å²) in [6.45, 7) is 0.560. The Morgan fingerprint density at radius 3 is 2.91 bits per heavy atom. The van der Waals surface area contributed by atoms with Crippen molar-refractivity contribution in [1.29, 1.82) is 5.26 Å². The highest BCUT2D eigenvalue weighted by molar-refractivity contribution is 5.97. The molecule has 0 saturated heterocycles. The van der Waals surface area contributed by atoms with Crippen LogP contribution >= 0.6 is 0 Å². The molecule has 0 unspecified atom stereocenters. The molecule has 2 aromatic carbocycles. The fraction of sp³-hybridized carbons (Fsp3) is 0.308. The summed E-state index contributed by atoms with van der Waals surface area (Å²) in [6.07, 6.45) is 4.21. The van der Waals surface area contributed by atoms with Gasteiger partial charge in [-0.2, -0.15) is 10.4 Å². The molecule has 0 radical (unpaired) electrons. The zero-order valence-corrected chi connectivity index (χ0v) is 18.5. The second-order valence-electron chi connectivity index (χ2n) is 8.91. The number of carboxylic acid groups (broad SMARTS) is 1. The number of anilines is 1. The van der Waals surface area contributed by atoms with Crippen molar-refractivity contribution in [3.05, 3.63) is 65.4 Å². The Morgan fingerprint density at radius 2 is 2.15 bits per heavy atom. The summed E-state index contributed by atoms with van der Waals surface area (Å²) < 4.78 is 5.89. The number of hydrogen-bond acceptors (Lipinski definition) is 5. The van der Waals surface area contributed by atoms with E-state index in [-0.39, 0.29) is 23.7 Å². The number of fused-ring (bicyclic) bond motifs is 2. The number of nitrogens with zero attached hydrogens (tertiary/aromatic N) is 2. The van der Waals surface area contributed by atoms with Crippen LogP contribution in [0.4, 0.5) is 5.69 Å². The summed E-state index contributed by atoms with van der Waals surface area (Å²) in [7, 11) is 0. The predicted octanol–water partition coefficient (Wildman–Crippen LogP) is 4.03. The number of aromatic nitrogens is 2. The van der Waals surface area contributed by atoms with Gasteiger partial charge in [-0.3, -0.25) is 14.7 Å². The van der Waals surface area contributed by atoms with Gasteiger partial charge in [-0.15, -0.1) is 0 Å². The average Bonchev–Trinajstić information content (AvgIpc) is 3.28. The number of nitrogens with one attached hydrogen (secondary N) is 2. The number of nitriles is 1. The van der Waals surface area contributed by atoms with Gasteiger partial charge in [0.1, 0.15) is 5.75 Å². The molecule has 2 aliphatic rings. The number of amides is 1. The number of ether oxygens (including phenoxy) is 1. The summed E-state index contributed by atoms with van der Waals surface area (Å²) in [5.74, 6) is -0.336. The number of carbonyl (C=O) groups is 2. The summed E-state index contributed by atoms with van der Waals surface area (Å²) in [6, 6.07) is 15.2. The van der Waals surface area contributed by atoms with Crippen molar-refractivity contribution in [2.24, 2.45) is 5.92 Å². The van der Waals surface area contributed by atoms with Crippen LogP contribution in [0.3, 0.4) is 0 Å². The quantitative estimate of drug-likeness (QED) is 0.492. The van der Waals surface area contributed by atoms with Crippen molar-refractivity contribution in [3.63, 3.8) is 0 Å². The largest absolute Gasteiger partial charge is 0.493 e. The van der Waals surface area contributed by atoms with Crippen LogP contribution in [0, 0.1) is 17.2 Å². The fourth-order valence-corrected chi connectivity index (χ4v) is 4.96. The Bertz CT molecular complexity index is 1290. The molecule has 3 N–H and O–H groups in total. The van der Waals surface area contributed by atoms with Gasteiger partial charge in [0.25, 0.3) is 0 Å². The van der Waals surface area contributed by atoms with E-state index in [1.807, 2.05) is 18.2 Å². The number of H-pyrrole nitrogens is 1. The van der Waals surface area contributed by atoms with Gasteiger partial charge in [-0.05, 0) is 67.6 Å².